The van der Waals surface area contributed by atoms with Gasteiger partial charge in [0.1, 0.15) is 11.9 Å². The van der Waals surface area contributed by atoms with Crippen LogP contribution in [0.1, 0.15) is 102 Å². The number of aryl methyl sites for hydroxylation is 1. The fraction of sp³-hybridized carbons (Fsp3) is 0.731. The Kier molecular flexibility index (Phi) is 8.38. The maximum Gasteiger partial charge on any atom is 0.141 e. The molecule has 0 bridgehead atoms. The molecule has 2 aliphatic carbocycles. The fourth-order valence-electron chi connectivity index (χ4n) is 5.87. The molecule has 0 atom stereocenters. The third kappa shape index (κ3) is 6.07. The Hall–Kier alpha value is -1.36. The molecular weight excluding hydrogens is 345 g/mol. The molecule has 2 saturated carbocycles. The number of hydrogen-bond donors (Lipinski definition) is 0. The molecule has 1 nitrogen and oxygen atoms in total. The van der Waals surface area contributed by atoms with Crippen LogP contribution in [-0.4, -0.2) is 0 Å². The molecular formula is C26H38FN. The zero-order valence-electron chi connectivity index (χ0n) is 17.8. The van der Waals surface area contributed by atoms with E-state index >= 15 is 0 Å². The molecule has 1 aromatic rings. The van der Waals surface area contributed by atoms with E-state index in [1.165, 1.54) is 77.0 Å². The molecule has 0 aliphatic heterocycles. The molecule has 2 heteroatoms. The first kappa shape index (κ1) is 21.4. The van der Waals surface area contributed by atoms with Crippen molar-refractivity contribution in [3.63, 3.8) is 0 Å². The van der Waals surface area contributed by atoms with E-state index in [9.17, 15) is 4.39 Å². The second-order valence-corrected chi connectivity index (χ2v) is 9.52. The van der Waals surface area contributed by atoms with Gasteiger partial charge in [0.15, 0.2) is 0 Å². The number of nitriles is 1. The van der Waals surface area contributed by atoms with Crippen molar-refractivity contribution in [2.75, 3.05) is 0 Å². The second kappa shape index (κ2) is 11.0. The summed E-state index contributed by atoms with van der Waals surface area (Å²) in [5.41, 5.74) is 1.18. The average molecular weight is 384 g/mol. The first-order valence-corrected chi connectivity index (χ1v) is 11.9. The third-order valence-electron chi connectivity index (χ3n) is 7.63. The predicted octanol–water partition coefficient (Wildman–Crippen LogP) is 7.82. The van der Waals surface area contributed by atoms with Crippen LogP contribution in [0, 0.1) is 40.8 Å². The third-order valence-corrected chi connectivity index (χ3v) is 7.63. The Morgan fingerprint density at radius 1 is 0.893 bits per heavy atom. The van der Waals surface area contributed by atoms with Crippen LogP contribution in [-0.2, 0) is 6.42 Å². The van der Waals surface area contributed by atoms with Crippen molar-refractivity contribution in [3.8, 4) is 6.07 Å². The van der Waals surface area contributed by atoms with Gasteiger partial charge in [0.25, 0.3) is 0 Å². The summed E-state index contributed by atoms with van der Waals surface area (Å²) in [5, 5.41) is 8.81. The minimum atomic E-state index is -0.373. The van der Waals surface area contributed by atoms with E-state index in [1.807, 2.05) is 12.1 Å². The van der Waals surface area contributed by atoms with Crippen molar-refractivity contribution in [3.05, 3.63) is 35.1 Å². The summed E-state index contributed by atoms with van der Waals surface area (Å²) in [6.45, 7) is 2.33. The molecule has 0 spiro atoms. The molecule has 154 valence electrons. The molecule has 0 heterocycles. The Balaban J connectivity index is 1.30. The maximum absolute atomic E-state index is 13.7. The molecule has 0 aromatic heterocycles. The summed E-state index contributed by atoms with van der Waals surface area (Å²) < 4.78 is 13.7. The van der Waals surface area contributed by atoms with Crippen LogP contribution >= 0.6 is 0 Å². The van der Waals surface area contributed by atoms with Gasteiger partial charge in [-0.3, -0.25) is 0 Å². The minimum absolute atomic E-state index is 0.152. The molecule has 2 fully saturated rings. The lowest BCUT2D eigenvalue weighted by atomic mass is 9.68. The molecule has 0 amide bonds. The Morgan fingerprint density at radius 2 is 1.50 bits per heavy atom. The Bertz CT molecular complexity index is 630. The lowest BCUT2D eigenvalue weighted by Gasteiger charge is -2.38. The van der Waals surface area contributed by atoms with E-state index < -0.39 is 0 Å². The first-order valence-electron chi connectivity index (χ1n) is 11.9. The number of unbranched alkanes of at least 4 members (excludes halogenated alkanes) is 1. The van der Waals surface area contributed by atoms with E-state index in [2.05, 4.69) is 6.92 Å². The quantitative estimate of drug-likeness (QED) is 0.420. The number of nitrogens with zero attached hydrogens (tertiary/aromatic N) is 1. The molecule has 0 N–H and O–H groups in total. The second-order valence-electron chi connectivity index (χ2n) is 9.52. The first-order chi connectivity index (χ1) is 13.7. The lowest BCUT2D eigenvalue weighted by Crippen LogP contribution is -2.25. The normalized spacial score (nSPS) is 28.0. The molecule has 0 radical (unpaired) electrons. The van der Waals surface area contributed by atoms with Crippen molar-refractivity contribution in [2.45, 2.75) is 96.8 Å². The van der Waals surface area contributed by atoms with Crippen LogP contribution in [0.2, 0.25) is 0 Å². The van der Waals surface area contributed by atoms with Crippen LogP contribution in [0.15, 0.2) is 18.2 Å². The summed E-state index contributed by atoms with van der Waals surface area (Å²) >= 11 is 0. The Labute approximate surface area is 171 Å². The predicted molar refractivity (Wildman–Crippen MR) is 114 cm³/mol. The largest absolute Gasteiger partial charge is 0.206 e. The zero-order chi connectivity index (χ0) is 19.8. The van der Waals surface area contributed by atoms with Crippen molar-refractivity contribution < 1.29 is 4.39 Å². The summed E-state index contributed by atoms with van der Waals surface area (Å²) in [5.74, 6) is 3.62. The van der Waals surface area contributed by atoms with E-state index in [1.54, 1.807) is 12.1 Å². The van der Waals surface area contributed by atoms with Gasteiger partial charge in [-0.05, 0) is 79.9 Å². The average Bonchev–Trinajstić information content (AvgIpc) is 2.73. The monoisotopic (exact) mass is 383 g/mol. The van der Waals surface area contributed by atoms with Gasteiger partial charge in [0.05, 0.1) is 5.56 Å². The smallest absolute Gasteiger partial charge is 0.141 e. The van der Waals surface area contributed by atoms with E-state index in [0.717, 1.165) is 42.1 Å². The van der Waals surface area contributed by atoms with E-state index in [0.29, 0.717) is 0 Å². The number of rotatable bonds is 8. The SMILES string of the molecule is CCC[C@H]1CC[C@H](C2CCC(CCCCc3ccc(C#N)c(F)c3)CC2)CC1. The van der Waals surface area contributed by atoms with Crippen molar-refractivity contribution in [1.29, 1.82) is 5.26 Å². The summed E-state index contributed by atoms with van der Waals surface area (Å²) in [6.07, 6.45) is 19.3. The van der Waals surface area contributed by atoms with Gasteiger partial charge in [-0.1, -0.05) is 64.4 Å². The van der Waals surface area contributed by atoms with Gasteiger partial charge in [0, 0.05) is 0 Å². The van der Waals surface area contributed by atoms with Crippen LogP contribution in [0.5, 0.6) is 0 Å². The lowest BCUT2D eigenvalue weighted by molar-refractivity contribution is 0.140. The Morgan fingerprint density at radius 3 is 2.04 bits per heavy atom. The topological polar surface area (TPSA) is 23.8 Å². The minimum Gasteiger partial charge on any atom is -0.206 e. The highest BCUT2D eigenvalue weighted by Gasteiger charge is 2.30. The van der Waals surface area contributed by atoms with Crippen molar-refractivity contribution in [1.82, 2.24) is 0 Å². The maximum atomic E-state index is 13.7. The number of halogens is 1. The summed E-state index contributed by atoms with van der Waals surface area (Å²) in [7, 11) is 0. The van der Waals surface area contributed by atoms with Crippen LogP contribution < -0.4 is 0 Å². The van der Waals surface area contributed by atoms with Gasteiger partial charge in [-0.15, -0.1) is 0 Å². The number of hydrogen-bond acceptors (Lipinski definition) is 1. The standard InChI is InChI=1S/C26H38FN/c1-2-5-20-8-13-23(14-9-20)24-15-10-21(11-16-24)6-3-4-7-22-12-17-25(19-28)26(27)18-22/h12,17-18,20-21,23-24H,2-11,13-16H2,1H3/t20-,21?,23-,24?. The van der Waals surface area contributed by atoms with Gasteiger partial charge in [0.2, 0.25) is 0 Å². The van der Waals surface area contributed by atoms with Crippen LogP contribution in [0.25, 0.3) is 0 Å². The highest BCUT2D eigenvalue weighted by Crippen LogP contribution is 2.43. The van der Waals surface area contributed by atoms with Gasteiger partial charge >= 0.3 is 0 Å². The summed E-state index contributed by atoms with van der Waals surface area (Å²) in [4.78, 5) is 0. The molecule has 0 saturated heterocycles. The molecule has 2 aliphatic rings. The molecule has 1 aromatic carbocycles. The van der Waals surface area contributed by atoms with Crippen molar-refractivity contribution >= 4 is 0 Å². The molecule has 28 heavy (non-hydrogen) atoms. The van der Waals surface area contributed by atoms with Crippen molar-refractivity contribution in [2.24, 2.45) is 23.7 Å². The van der Waals surface area contributed by atoms with Crippen LogP contribution in [0.4, 0.5) is 4.39 Å². The van der Waals surface area contributed by atoms with E-state index in [4.69, 9.17) is 5.26 Å². The molecule has 3 rings (SSSR count). The van der Waals surface area contributed by atoms with Gasteiger partial charge in [-0.2, -0.15) is 5.26 Å². The van der Waals surface area contributed by atoms with E-state index in [-0.39, 0.29) is 11.4 Å². The zero-order valence-corrected chi connectivity index (χ0v) is 17.8. The fourth-order valence-corrected chi connectivity index (χ4v) is 5.87. The summed E-state index contributed by atoms with van der Waals surface area (Å²) in [6, 6.07) is 6.95. The highest BCUT2D eigenvalue weighted by atomic mass is 19.1. The number of benzene rings is 1. The van der Waals surface area contributed by atoms with Gasteiger partial charge < -0.3 is 0 Å². The highest BCUT2D eigenvalue weighted by molar-refractivity contribution is 5.33. The molecule has 0 unspecified atom stereocenters. The van der Waals surface area contributed by atoms with Gasteiger partial charge in [-0.25, -0.2) is 4.39 Å². The van der Waals surface area contributed by atoms with Crippen LogP contribution in [0.3, 0.4) is 0 Å².